The molecule has 0 aliphatic carbocycles. The van der Waals surface area contributed by atoms with Crippen LogP contribution in [-0.2, 0) is 21.7 Å². The number of rotatable bonds is 6. The van der Waals surface area contributed by atoms with Gasteiger partial charge in [-0.05, 0) is 0 Å². The molecule has 6 aromatic carbocycles. The third kappa shape index (κ3) is 8.59. The number of pyridine rings is 1. The van der Waals surface area contributed by atoms with Crippen LogP contribution < -0.4 is 4.40 Å². The SMILES string of the molecule is CC(C)(C)c1ccc(-n2c(-c3cc(C(C)(C)C)cc(C(C)(C)C)c3O)nc3c(-c4c[c]([Ge]([CH3])([CH3])[CH3])cc(-c5cc(C(C)(C)C)c6ccccc6c5)n4)cccc32)c(-c2ccccc2)c1. The maximum absolute atomic E-state index is 12.6. The minimum absolute atomic E-state index is 0.0564. The van der Waals surface area contributed by atoms with E-state index in [1.54, 1.807) is 0 Å². The van der Waals surface area contributed by atoms with Gasteiger partial charge in [0.05, 0.1) is 0 Å². The van der Waals surface area contributed by atoms with Crippen molar-refractivity contribution in [3.8, 4) is 56.5 Å². The second-order valence-electron chi connectivity index (χ2n) is 23.1. The molecule has 5 heteroatoms. The summed E-state index contributed by atoms with van der Waals surface area (Å²) in [6.45, 7) is 26.9. The summed E-state index contributed by atoms with van der Waals surface area (Å²) in [7, 11) is 0. The average molecular weight is 907 g/mol. The predicted octanol–water partition coefficient (Wildman–Crippen LogP) is 15.7. The van der Waals surface area contributed by atoms with Crippen LogP contribution in [0.1, 0.15) is 105 Å². The number of phenols is 1. The Morgan fingerprint density at radius 1 is 0.484 bits per heavy atom. The number of aromatic nitrogens is 3. The molecule has 64 heavy (non-hydrogen) atoms. The molecule has 8 rings (SSSR count). The molecule has 2 aromatic heterocycles. The van der Waals surface area contributed by atoms with Crippen LogP contribution in [0.4, 0.5) is 0 Å². The Morgan fingerprint density at radius 2 is 1.11 bits per heavy atom. The van der Waals surface area contributed by atoms with Crippen LogP contribution in [0.15, 0.2) is 127 Å². The number of benzene rings is 6. The van der Waals surface area contributed by atoms with Crippen LogP contribution in [0.25, 0.3) is 72.5 Å². The van der Waals surface area contributed by atoms with Crippen molar-refractivity contribution in [2.45, 2.75) is 122 Å². The topological polar surface area (TPSA) is 50.9 Å². The monoisotopic (exact) mass is 907 g/mol. The van der Waals surface area contributed by atoms with E-state index >= 15 is 0 Å². The Balaban J connectivity index is 1.49. The van der Waals surface area contributed by atoms with Crippen LogP contribution >= 0.6 is 0 Å². The summed E-state index contributed by atoms with van der Waals surface area (Å²) in [5.74, 6) is 8.34. The van der Waals surface area contributed by atoms with Gasteiger partial charge in [0.2, 0.25) is 0 Å². The predicted molar refractivity (Wildman–Crippen MR) is 278 cm³/mol. The summed E-state index contributed by atoms with van der Waals surface area (Å²) in [6.07, 6.45) is 0. The van der Waals surface area contributed by atoms with E-state index in [2.05, 4.69) is 232 Å². The first-order valence-electron chi connectivity index (χ1n) is 23.0. The van der Waals surface area contributed by atoms with E-state index in [0.29, 0.717) is 5.82 Å². The minimum atomic E-state index is -2.46. The van der Waals surface area contributed by atoms with E-state index in [9.17, 15) is 5.11 Å². The molecule has 0 saturated heterocycles. The Bertz CT molecular complexity index is 3070. The van der Waals surface area contributed by atoms with Crippen LogP contribution in [0.5, 0.6) is 5.75 Å². The zero-order chi connectivity index (χ0) is 46.3. The van der Waals surface area contributed by atoms with Crippen LogP contribution in [0.3, 0.4) is 0 Å². The molecule has 0 atom stereocenters. The van der Waals surface area contributed by atoms with Gasteiger partial charge in [-0.3, -0.25) is 0 Å². The van der Waals surface area contributed by atoms with Gasteiger partial charge in [0.1, 0.15) is 0 Å². The molecule has 0 saturated carbocycles. The zero-order valence-corrected chi connectivity index (χ0v) is 43.0. The second kappa shape index (κ2) is 15.9. The van der Waals surface area contributed by atoms with E-state index in [1.807, 2.05) is 0 Å². The normalized spacial score (nSPS) is 13.0. The van der Waals surface area contributed by atoms with E-state index in [0.717, 1.165) is 67.1 Å². The number of imidazole rings is 1. The van der Waals surface area contributed by atoms with Crippen LogP contribution in [-0.4, -0.2) is 32.9 Å². The van der Waals surface area contributed by atoms with Crippen molar-refractivity contribution in [2.24, 2.45) is 0 Å². The number of hydrogen-bond acceptors (Lipinski definition) is 3. The van der Waals surface area contributed by atoms with Crippen LogP contribution in [0.2, 0.25) is 17.3 Å². The van der Waals surface area contributed by atoms with Gasteiger partial charge in [-0.2, -0.15) is 0 Å². The standard InChI is InChI=1S/C59H67GeN3O/c1-56(2,3)40-28-29-51(45(32-40)37-22-17-16-18-23-37)63-52-27-21-26-44(53(52)62-55(63)46-33-41(57(4,5)6)34-48(54(46)64)59(10,11)12)50-36-42(60(13,14)15)35-49(61-50)39-30-38-24-19-20-25-43(38)47(31-39)58(7,8)9/h16-36,64H,1-15H3. The molecule has 2 heterocycles. The summed E-state index contributed by atoms with van der Waals surface area (Å²) < 4.78 is 3.68. The van der Waals surface area contributed by atoms with Crippen molar-refractivity contribution in [2.75, 3.05) is 0 Å². The fourth-order valence-electron chi connectivity index (χ4n) is 8.92. The van der Waals surface area contributed by atoms with Gasteiger partial charge in [-0.1, -0.05) is 26.8 Å². The van der Waals surface area contributed by atoms with E-state index in [-0.39, 0.29) is 27.4 Å². The van der Waals surface area contributed by atoms with Gasteiger partial charge >= 0.3 is 360 Å². The fourth-order valence-corrected chi connectivity index (χ4v) is 11.3. The molecule has 0 amide bonds. The second-order valence-corrected chi connectivity index (χ2v) is 33.7. The molecule has 0 aliphatic rings. The van der Waals surface area contributed by atoms with Gasteiger partial charge in [-0.25, -0.2) is 0 Å². The van der Waals surface area contributed by atoms with Gasteiger partial charge in [0.25, 0.3) is 0 Å². The Hall–Kier alpha value is -5.46. The van der Waals surface area contributed by atoms with E-state index in [1.165, 1.54) is 26.3 Å². The first-order chi connectivity index (χ1) is 29.8. The van der Waals surface area contributed by atoms with E-state index in [4.69, 9.17) is 9.97 Å². The molecule has 4 nitrogen and oxygen atoms in total. The molecular weight excluding hydrogens is 839 g/mol. The average Bonchev–Trinajstić information content (AvgIpc) is 3.61. The van der Waals surface area contributed by atoms with Crippen molar-refractivity contribution in [1.29, 1.82) is 0 Å². The molecule has 0 spiro atoms. The summed E-state index contributed by atoms with van der Waals surface area (Å²) in [6, 6.07) is 46.5. The number of aromatic hydroxyl groups is 1. The van der Waals surface area contributed by atoms with Gasteiger partial charge < -0.3 is 0 Å². The summed E-state index contributed by atoms with van der Waals surface area (Å²) in [4.78, 5) is 11.3. The first kappa shape index (κ1) is 45.1. The van der Waals surface area contributed by atoms with Crippen molar-refractivity contribution in [3.63, 3.8) is 0 Å². The molecular formula is C59H67GeN3O. The summed E-state index contributed by atoms with van der Waals surface area (Å²) in [5, 5.41) is 15.1. The molecule has 328 valence electrons. The van der Waals surface area contributed by atoms with Gasteiger partial charge in [0, 0.05) is 0 Å². The van der Waals surface area contributed by atoms with Crippen molar-refractivity contribution in [3.05, 3.63) is 150 Å². The fraction of sp³-hybridized carbons (Fsp3) is 0.322. The molecule has 0 aliphatic heterocycles. The van der Waals surface area contributed by atoms with Gasteiger partial charge in [-0.15, -0.1) is 0 Å². The molecule has 0 bridgehead atoms. The maximum atomic E-state index is 12.6. The Kier molecular flexibility index (Phi) is 11.2. The molecule has 1 N–H and O–H groups in total. The van der Waals surface area contributed by atoms with E-state index < -0.39 is 13.3 Å². The van der Waals surface area contributed by atoms with Crippen molar-refractivity contribution >= 4 is 39.5 Å². The molecule has 0 unspecified atom stereocenters. The van der Waals surface area contributed by atoms with Crippen molar-refractivity contribution in [1.82, 2.24) is 14.5 Å². The van der Waals surface area contributed by atoms with Crippen LogP contribution in [0, 0.1) is 0 Å². The first-order valence-corrected chi connectivity index (χ1v) is 30.3. The van der Waals surface area contributed by atoms with Crippen molar-refractivity contribution < 1.29 is 5.11 Å². The number of hydrogen-bond donors (Lipinski definition) is 1. The third-order valence-corrected chi connectivity index (χ3v) is 17.1. The zero-order valence-electron chi connectivity index (χ0n) is 40.9. The Morgan fingerprint density at radius 3 is 1.75 bits per heavy atom. The molecule has 8 aromatic rings. The molecule has 0 fully saturated rings. The Labute approximate surface area is 385 Å². The number of phenolic OH excluding ortho intramolecular Hbond substituents is 1. The number of fused-ring (bicyclic) bond motifs is 2. The summed E-state index contributed by atoms with van der Waals surface area (Å²) in [5.41, 5.74) is 13.7. The van der Waals surface area contributed by atoms with Gasteiger partial charge in [0.15, 0.2) is 0 Å². The summed E-state index contributed by atoms with van der Waals surface area (Å²) >= 11 is -2.46. The third-order valence-electron chi connectivity index (χ3n) is 12.8. The number of para-hydroxylation sites is 1. The number of nitrogens with zero attached hydrogens (tertiary/aromatic N) is 3. The quantitative estimate of drug-likeness (QED) is 0.169. The molecule has 0 radical (unpaired) electrons.